The van der Waals surface area contributed by atoms with Crippen molar-refractivity contribution in [3.8, 4) is 0 Å². The van der Waals surface area contributed by atoms with Crippen molar-refractivity contribution in [2.45, 2.75) is 18.3 Å². The number of hydrogen-bond donors (Lipinski definition) is 1. The fourth-order valence-electron chi connectivity index (χ4n) is 3.07. The molecule has 1 aliphatic heterocycles. The molecule has 1 saturated heterocycles. The van der Waals surface area contributed by atoms with E-state index < -0.39 is 0 Å². The minimum atomic E-state index is -0.0372. The van der Waals surface area contributed by atoms with Crippen molar-refractivity contribution in [3.05, 3.63) is 70.2 Å². The first kappa shape index (κ1) is 16.2. The number of carbonyl (C=O) groups excluding carboxylic acids is 1. The lowest BCUT2D eigenvalue weighted by atomic mass is 9.74. The third-order valence-electron chi connectivity index (χ3n) is 4.53. The molecule has 1 fully saturated rings. The Bertz CT molecular complexity index is 649. The molecule has 0 bridgehead atoms. The van der Waals surface area contributed by atoms with Crippen LogP contribution in [0.2, 0.25) is 0 Å². The van der Waals surface area contributed by atoms with Crippen LogP contribution in [0.5, 0.6) is 0 Å². The third kappa shape index (κ3) is 3.82. The van der Waals surface area contributed by atoms with E-state index in [9.17, 15) is 4.79 Å². The van der Waals surface area contributed by atoms with Crippen LogP contribution < -0.4 is 5.32 Å². The summed E-state index contributed by atoms with van der Waals surface area (Å²) in [6.45, 7) is 2.11. The zero-order valence-corrected chi connectivity index (χ0v) is 14.5. The van der Waals surface area contributed by atoms with Gasteiger partial charge in [-0.1, -0.05) is 46.3 Å². The van der Waals surface area contributed by atoms with Crippen LogP contribution in [0.4, 0.5) is 0 Å². The Hall–Kier alpha value is -1.65. The predicted octanol–water partition coefficient (Wildman–Crippen LogP) is 3.93. The zero-order valence-electron chi connectivity index (χ0n) is 12.9. The first-order valence-corrected chi connectivity index (χ1v) is 8.66. The van der Waals surface area contributed by atoms with Crippen molar-refractivity contribution in [1.82, 2.24) is 5.32 Å². The highest BCUT2D eigenvalue weighted by Crippen LogP contribution is 2.34. The van der Waals surface area contributed by atoms with E-state index in [4.69, 9.17) is 4.74 Å². The maximum Gasteiger partial charge on any atom is 0.251 e. The molecule has 0 atom stereocenters. The van der Waals surface area contributed by atoms with Crippen LogP contribution in [0, 0.1) is 0 Å². The standard InChI is InChI=1S/C19H20BrNO2/c20-17-8-6-15(7-9-17)18(22)21-14-19(10-12-23-13-11-19)16-4-2-1-3-5-16/h1-9H,10-14H2,(H,21,22). The summed E-state index contributed by atoms with van der Waals surface area (Å²) in [5.74, 6) is -0.0284. The first-order valence-electron chi connectivity index (χ1n) is 7.87. The molecule has 0 radical (unpaired) electrons. The molecule has 120 valence electrons. The van der Waals surface area contributed by atoms with Crippen LogP contribution in [-0.2, 0) is 10.2 Å². The van der Waals surface area contributed by atoms with Crippen LogP contribution in [-0.4, -0.2) is 25.7 Å². The number of benzene rings is 2. The number of ether oxygens (including phenoxy) is 1. The molecule has 1 aliphatic rings. The molecule has 23 heavy (non-hydrogen) atoms. The van der Waals surface area contributed by atoms with Gasteiger partial charge in [0.05, 0.1) is 0 Å². The summed E-state index contributed by atoms with van der Waals surface area (Å²) in [6.07, 6.45) is 1.86. The Morgan fingerprint density at radius 1 is 1.04 bits per heavy atom. The molecule has 0 saturated carbocycles. The molecular formula is C19H20BrNO2. The summed E-state index contributed by atoms with van der Waals surface area (Å²) in [5, 5.41) is 3.12. The van der Waals surface area contributed by atoms with Gasteiger partial charge >= 0.3 is 0 Å². The van der Waals surface area contributed by atoms with Gasteiger partial charge in [-0.25, -0.2) is 0 Å². The van der Waals surface area contributed by atoms with Gasteiger partial charge in [0.1, 0.15) is 0 Å². The van der Waals surface area contributed by atoms with E-state index in [1.807, 2.05) is 30.3 Å². The summed E-state index contributed by atoms with van der Waals surface area (Å²) in [4.78, 5) is 12.4. The van der Waals surface area contributed by atoms with Gasteiger partial charge in [-0.15, -0.1) is 0 Å². The summed E-state index contributed by atoms with van der Waals surface area (Å²) in [6, 6.07) is 17.9. The van der Waals surface area contributed by atoms with Gasteiger partial charge in [-0.3, -0.25) is 4.79 Å². The van der Waals surface area contributed by atoms with E-state index in [0.717, 1.165) is 30.5 Å². The van der Waals surface area contributed by atoms with Gasteiger partial charge in [-0.05, 0) is 42.7 Å². The lowest BCUT2D eigenvalue weighted by molar-refractivity contribution is 0.0487. The highest BCUT2D eigenvalue weighted by molar-refractivity contribution is 9.10. The molecule has 4 heteroatoms. The number of rotatable bonds is 4. The lowest BCUT2D eigenvalue weighted by Gasteiger charge is -2.38. The minimum absolute atomic E-state index is 0.0284. The fraction of sp³-hybridized carbons (Fsp3) is 0.316. The summed E-state index contributed by atoms with van der Waals surface area (Å²) >= 11 is 3.39. The van der Waals surface area contributed by atoms with Gasteiger partial charge in [0.25, 0.3) is 5.91 Å². The van der Waals surface area contributed by atoms with Crippen LogP contribution in [0.1, 0.15) is 28.8 Å². The van der Waals surface area contributed by atoms with Gasteiger partial charge in [0.15, 0.2) is 0 Å². The summed E-state index contributed by atoms with van der Waals surface area (Å²) in [5.41, 5.74) is 1.92. The monoisotopic (exact) mass is 373 g/mol. The molecule has 0 spiro atoms. The van der Waals surface area contributed by atoms with Crippen molar-refractivity contribution in [2.24, 2.45) is 0 Å². The Labute approximate surface area is 145 Å². The summed E-state index contributed by atoms with van der Waals surface area (Å²) in [7, 11) is 0. The molecular weight excluding hydrogens is 354 g/mol. The van der Waals surface area contributed by atoms with E-state index in [0.29, 0.717) is 12.1 Å². The molecule has 2 aromatic rings. The van der Waals surface area contributed by atoms with Crippen LogP contribution in [0.25, 0.3) is 0 Å². The molecule has 1 amide bonds. The Morgan fingerprint density at radius 2 is 1.70 bits per heavy atom. The highest BCUT2D eigenvalue weighted by atomic mass is 79.9. The van der Waals surface area contributed by atoms with Gasteiger partial charge < -0.3 is 10.1 Å². The van der Waals surface area contributed by atoms with Crippen molar-refractivity contribution < 1.29 is 9.53 Å². The molecule has 1 heterocycles. The average molecular weight is 374 g/mol. The topological polar surface area (TPSA) is 38.3 Å². The van der Waals surface area contributed by atoms with Crippen LogP contribution in [0.3, 0.4) is 0 Å². The number of amides is 1. The third-order valence-corrected chi connectivity index (χ3v) is 5.06. The van der Waals surface area contributed by atoms with E-state index in [-0.39, 0.29) is 11.3 Å². The smallest absolute Gasteiger partial charge is 0.251 e. The second kappa shape index (κ2) is 7.28. The molecule has 1 N–H and O–H groups in total. The van der Waals surface area contributed by atoms with Crippen molar-refractivity contribution >= 4 is 21.8 Å². The van der Waals surface area contributed by atoms with Crippen LogP contribution in [0.15, 0.2) is 59.1 Å². The minimum Gasteiger partial charge on any atom is -0.381 e. The zero-order chi connectivity index (χ0) is 16.1. The molecule has 2 aromatic carbocycles. The SMILES string of the molecule is O=C(NCC1(c2ccccc2)CCOCC1)c1ccc(Br)cc1. The molecule has 0 unspecified atom stereocenters. The highest BCUT2D eigenvalue weighted by Gasteiger charge is 2.34. The maximum atomic E-state index is 12.4. The second-order valence-corrected chi connectivity index (χ2v) is 6.86. The first-order chi connectivity index (χ1) is 11.2. The normalized spacial score (nSPS) is 16.7. The maximum absolute atomic E-state index is 12.4. The quantitative estimate of drug-likeness (QED) is 0.881. The second-order valence-electron chi connectivity index (χ2n) is 5.95. The lowest BCUT2D eigenvalue weighted by Crippen LogP contribution is -2.44. The molecule has 3 nitrogen and oxygen atoms in total. The Balaban J connectivity index is 1.74. The van der Waals surface area contributed by atoms with E-state index in [2.05, 4.69) is 45.5 Å². The van der Waals surface area contributed by atoms with Crippen LogP contribution >= 0.6 is 15.9 Å². The average Bonchev–Trinajstić information content (AvgIpc) is 2.62. The molecule has 0 aromatic heterocycles. The number of halogens is 1. The van der Waals surface area contributed by atoms with Crippen molar-refractivity contribution in [3.63, 3.8) is 0 Å². The summed E-state index contributed by atoms with van der Waals surface area (Å²) < 4.78 is 6.50. The van der Waals surface area contributed by atoms with E-state index in [1.165, 1.54) is 5.56 Å². The van der Waals surface area contributed by atoms with Crippen molar-refractivity contribution in [1.29, 1.82) is 0 Å². The van der Waals surface area contributed by atoms with Gasteiger partial charge in [-0.2, -0.15) is 0 Å². The van der Waals surface area contributed by atoms with Crippen molar-refractivity contribution in [2.75, 3.05) is 19.8 Å². The number of hydrogen-bond acceptors (Lipinski definition) is 2. The number of carbonyl (C=O) groups is 1. The number of nitrogens with one attached hydrogen (secondary N) is 1. The van der Waals surface area contributed by atoms with E-state index in [1.54, 1.807) is 0 Å². The predicted molar refractivity (Wildman–Crippen MR) is 94.6 cm³/mol. The Morgan fingerprint density at radius 3 is 2.35 bits per heavy atom. The Kier molecular flexibility index (Phi) is 5.13. The molecule has 0 aliphatic carbocycles. The van der Waals surface area contributed by atoms with Gasteiger partial charge in [0, 0.05) is 35.2 Å². The largest absolute Gasteiger partial charge is 0.381 e. The van der Waals surface area contributed by atoms with Gasteiger partial charge in [0.2, 0.25) is 0 Å². The van der Waals surface area contributed by atoms with E-state index >= 15 is 0 Å². The fourth-order valence-corrected chi connectivity index (χ4v) is 3.34. The molecule has 3 rings (SSSR count).